The van der Waals surface area contributed by atoms with Gasteiger partial charge in [0.15, 0.2) is 0 Å². The molecule has 3 aromatic rings. The van der Waals surface area contributed by atoms with Crippen LogP contribution in [0.3, 0.4) is 0 Å². The molecular weight excluding hydrogens is 310 g/mol. The number of hydrogen-bond acceptors (Lipinski definition) is 2. The Labute approximate surface area is 147 Å². The number of hydrogen-bond donors (Lipinski definition) is 1. The molecule has 0 aliphatic heterocycles. The third-order valence-electron chi connectivity index (χ3n) is 4.13. The van der Waals surface area contributed by atoms with Gasteiger partial charge in [-0.15, -0.1) is 0 Å². The number of carbonyl (C=O) groups is 1. The van der Waals surface area contributed by atoms with Gasteiger partial charge < -0.3 is 4.57 Å². The largest absolute Gasteiger partial charge is 0.318 e. The van der Waals surface area contributed by atoms with Crippen LogP contribution in [-0.2, 0) is 4.79 Å². The van der Waals surface area contributed by atoms with Crippen LogP contribution >= 0.6 is 0 Å². The summed E-state index contributed by atoms with van der Waals surface area (Å²) in [6.07, 6.45) is 1.68. The van der Waals surface area contributed by atoms with Crippen LogP contribution in [-0.4, -0.2) is 16.7 Å². The standard InChI is InChI=1S/C21H21N3O/c1-15-13-20(14-22-23-17(3)25)16(2)24(15)21-11-9-19(10-12-21)18-7-5-4-6-8-18/h4-14H,1-3H3,(H,23,25)/b22-14+. The fraction of sp³-hybridized carbons (Fsp3) is 0.143. The van der Waals surface area contributed by atoms with Gasteiger partial charge in [0.2, 0.25) is 5.91 Å². The summed E-state index contributed by atoms with van der Waals surface area (Å²) in [7, 11) is 0. The van der Waals surface area contributed by atoms with E-state index in [1.165, 1.54) is 18.1 Å². The number of carbonyl (C=O) groups excluding carboxylic acids is 1. The van der Waals surface area contributed by atoms with Gasteiger partial charge in [-0.3, -0.25) is 4.79 Å². The van der Waals surface area contributed by atoms with Crippen LogP contribution in [0.15, 0.2) is 65.8 Å². The Morgan fingerprint density at radius 3 is 2.28 bits per heavy atom. The maximum atomic E-state index is 10.9. The number of aryl methyl sites for hydroxylation is 1. The zero-order valence-corrected chi connectivity index (χ0v) is 14.7. The van der Waals surface area contributed by atoms with E-state index in [4.69, 9.17) is 0 Å². The summed E-state index contributed by atoms with van der Waals surface area (Å²) in [5, 5.41) is 3.97. The maximum Gasteiger partial charge on any atom is 0.236 e. The Morgan fingerprint density at radius 1 is 1.00 bits per heavy atom. The van der Waals surface area contributed by atoms with E-state index < -0.39 is 0 Å². The second kappa shape index (κ2) is 7.18. The van der Waals surface area contributed by atoms with Crippen LogP contribution in [0.1, 0.15) is 23.9 Å². The minimum Gasteiger partial charge on any atom is -0.318 e. The molecule has 4 nitrogen and oxygen atoms in total. The molecule has 4 heteroatoms. The first kappa shape index (κ1) is 16.7. The first-order valence-corrected chi connectivity index (χ1v) is 8.20. The normalized spacial score (nSPS) is 11.0. The van der Waals surface area contributed by atoms with Crippen LogP contribution in [0.5, 0.6) is 0 Å². The summed E-state index contributed by atoms with van der Waals surface area (Å²) in [5.41, 5.74) is 9.13. The van der Waals surface area contributed by atoms with Crippen LogP contribution in [0.25, 0.3) is 16.8 Å². The van der Waals surface area contributed by atoms with Crippen LogP contribution in [0.4, 0.5) is 0 Å². The van der Waals surface area contributed by atoms with Crippen LogP contribution in [0, 0.1) is 13.8 Å². The van der Waals surface area contributed by atoms with Gasteiger partial charge in [-0.05, 0) is 43.2 Å². The molecule has 1 amide bonds. The second-order valence-electron chi connectivity index (χ2n) is 6.00. The van der Waals surface area contributed by atoms with Gasteiger partial charge >= 0.3 is 0 Å². The highest BCUT2D eigenvalue weighted by Gasteiger charge is 2.09. The number of rotatable bonds is 4. The number of amides is 1. The van der Waals surface area contributed by atoms with Gasteiger partial charge in [0.1, 0.15) is 0 Å². The Bertz CT molecular complexity index is 906. The molecule has 0 atom stereocenters. The summed E-state index contributed by atoms with van der Waals surface area (Å²) < 4.78 is 2.18. The zero-order chi connectivity index (χ0) is 17.8. The van der Waals surface area contributed by atoms with Crippen molar-refractivity contribution >= 4 is 12.1 Å². The predicted molar refractivity (Wildman–Crippen MR) is 102 cm³/mol. The van der Waals surface area contributed by atoms with E-state index in [2.05, 4.69) is 64.5 Å². The lowest BCUT2D eigenvalue weighted by Gasteiger charge is -2.11. The summed E-state index contributed by atoms with van der Waals surface area (Å²) >= 11 is 0. The van der Waals surface area contributed by atoms with E-state index in [0.717, 1.165) is 22.6 Å². The lowest BCUT2D eigenvalue weighted by atomic mass is 10.1. The fourth-order valence-electron chi connectivity index (χ4n) is 2.94. The van der Waals surface area contributed by atoms with E-state index in [0.29, 0.717) is 0 Å². The lowest BCUT2D eigenvalue weighted by molar-refractivity contribution is -0.118. The smallest absolute Gasteiger partial charge is 0.236 e. The quantitative estimate of drug-likeness (QED) is 0.564. The van der Waals surface area contributed by atoms with E-state index in [9.17, 15) is 4.79 Å². The number of nitrogens with zero attached hydrogens (tertiary/aromatic N) is 2. The third kappa shape index (κ3) is 3.69. The summed E-state index contributed by atoms with van der Waals surface area (Å²) in [6, 6.07) is 20.9. The molecular formula is C21H21N3O. The van der Waals surface area contributed by atoms with Gasteiger partial charge in [0.25, 0.3) is 0 Å². The first-order valence-electron chi connectivity index (χ1n) is 8.20. The molecule has 0 radical (unpaired) electrons. The SMILES string of the molecule is CC(=O)N/N=C/c1cc(C)n(-c2ccc(-c3ccccc3)cc2)c1C. The minimum absolute atomic E-state index is 0.179. The molecule has 0 spiro atoms. The maximum absolute atomic E-state index is 10.9. The molecule has 0 aliphatic carbocycles. The minimum atomic E-state index is -0.179. The van der Waals surface area contributed by atoms with Gasteiger partial charge in [0.05, 0.1) is 6.21 Å². The van der Waals surface area contributed by atoms with Crippen molar-refractivity contribution in [2.45, 2.75) is 20.8 Å². The molecule has 0 aliphatic rings. The number of hydrazone groups is 1. The number of aromatic nitrogens is 1. The molecule has 1 N–H and O–H groups in total. The molecule has 1 aromatic heterocycles. The highest BCUT2D eigenvalue weighted by atomic mass is 16.2. The van der Waals surface area contributed by atoms with Crippen LogP contribution in [0.2, 0.25) is 0 Å². The molecule has 3 rings (SSSR count). The van der Waals surface area contributed by atoms with E-state index >= 15 is 0 Å². The number of benzene rings is 2. The average molecular weight is 331 g/mol. The molecule has 25 heavy (non-hydrogen) atoms. The van der Waals surface area contributed by atoms with Gasteiger partial charge in [-0.1, -0.05) is 42.5 Å². The second-order valence-corrected chi connectivity index (χ2v) is 6.00. The highest BCUT2D eigenvalue weighted by molar-refractivity contribution is 5.83. The topological polar surface area (TPSA) is 46.4 Å². The van der Waals surface area contributed by atoms with Gasteiger partial charge in [0, 0.05) is 29.6 Å². The molecule has 0 bridgehead atoms. The van der Waals surface area contributed by atoms with E-state index in [1.807, 2.05) is 25.1 Å². The van der Waals surface area contributed by atoms with Crippen molar-refractivity contribution in [3.63, 3.8) is 0 Å². The van der Waals surface area contributed by atoms with Crippen LogP contribution < -0.4 is 5.43 Å². The van der Waals surface area contributed by atoms with Crippen molar-refractivity contribution in [2.75, 3.05) is 0 Å². The Hall–Kier alpha value is -3.14. The molecule has 0 saturated carbocycles. The van der Waals surface area contributed by atoms with Crippen molar-refractivity contribution in [1.82, 2.24) is 9.99 Å². The molecule has 0 unspecified atom stereocenters. The zero-order valence-electron chi connectivity index (χ0n) is 14.7. The molecule has 1 heterocycles. The summed E-state index contributed by atoms with van der Waals surface area (Å²) in [4.78, 5) is 10.9. The van der Waals surface area contributed by atoms with E-state index in [1.54, 1.807) is 6.21 Å². The predicted octanol–water partition coefficient (Wildman–Crippen LogP) is 4.23. The van der Waals surface area contributed by atoms with E-state index in [-0.39, 0.29) is 5.91 Å². The van der Waals surface area contributed by atoms with Gasteiger partial charge in [-0.25, -0.2) is 5.43 Å². The summed E-state index contributed by atoms with van der Waals surface area (Å²) in [5.74, 6) is -0.179. The summed E-state index contributed by atoms with van der Waals surface area (Å²) in [6.45, 7) is 5.55. The lowest BCUT2D eigenvalue weighted by Crippen LogP contribution is -2.12. The van der Waals surface area contributed by atoms with Crippen molar-refractivity contribution in [3.8, 4) is 16.8 Å². The van der Waals surface area contributed by atoms with Crippen molar-refractivity contribution in [2.24, 2.45) is 5.10 Å². The molecule has 0 fully saturated rings. The third-order valence-corrected chi connectivity index (χ3v) is 4.13. The van der Waals surface area contributed by atoms with Crippen molar-refractivity contribution in [3.05, 3.63) is 77.6 Å². The van der Waals surface area contributed by atoms with Gasteiger partial charge in [-0.2, -0.15) is 5.10 Å². The molecule has 2 aromatic carbocycles. The molecule has 0 saturated heterocycles. The fourth-order valence-corrected chi connectivity index (χ4v) is 2.94. The Morgan fingerprint density at radius 2 is 1.64 bits per heavy atom. The first-order chi connectivity index (χ1) is 12.1. The van der Waals surface area contributed by atoms with Crippen molar-refractivity contribution < 1.29 is 4.79 Å². The average Bonchev–Trinajstić information content (AvgIpc) is 2.89. The van der Waals surface area contributed by atoms with Crippen molar-refractivity contribution in [1.29, 1.82) is 0 Å². The Kier molecular flexibility index (Phi) is 4.80. The monoisotopic (exact) mass is 331 g/mol. The Balaban J connectivity index is 1.90. The highest BCUT2D eigenvalue weighted by Crippen LogP contribution is 2.24. The molecule has 126 valence electrons. The number of nitrogens with one attached hydrogen (secondary N) is 1.